The molecule has 0 heterocycles. The van der Waals surface area contributed by atoms with E-state index in [4.69, 9.17) is 0 Å². The van der Waals surface area contributed by atoms with Gasteiger partial charge in [-0.2, -0.15) is 0 Å². The fraction of sp³-hybridized carbons (Fsp3) is 1.00. The first-order chi connectivity index (χ1) is 8.42. The van der Waals surface area contributed by atoms with Crippen LogP contribution in [-0.4, -0.2) is 35.1 Å². The van der Waals surface area contributed by atoms with E-state index in [0.717, 1.165) is 5.75 Å². The van der Waals surface area contributed by atoms with E-state index in [1.165, 1.54) is 32.1 Å². The lowest BCUT2D eigenvalue weighted by molar-refractivity contribution is 0.388. The Morgan fingerprint density at radius 1 is 1.17 bits per heavy atom. The molecule has 1 aliphatic rings. The zero-order chi connectivity index (χ0) is 13.6. The summed E-state index contributed by atoms with van der Waals surface area (Å²) in [5, 5.41) is -0.315. The van der Waals surface area contributed by atoms with Crippen LogP contribution in [0.2, 0.25) is 0 Å². The van der Waals surface area contributed by atoms with Crippen LogP contribution in [0.1, 0.15) is 52.4 Å². The van der Waals surface area contributed by atoms with E-state index < -0.39 is 20.6 Å². The van der Waals surface area contributed by atoms with Crippen molar-refractivity contribution in [3.63, 3.8) is 0 Å². The summed E-state index contributed by atoms with van der Waals surface area (Å²) in [6, 6.07) is 0. The molecule has 0 unspecified atom stereocenters. The van der Waals surface area contributed by atoms with Crippen LogP contribution in [0.3, 0.4) is 0 Å². The van der Waals surface area contributed by atoms with Crippen LogP contribution in [0, 0.1) is 5.92 Å². The first kappa shape index (κ1) is 16.2. The molecular formula is C13H26O3S2. The van der Waals surface area contributed by atoms with Gasteiger partial charge in [-0.1, -0.05) is 19.3 Å². The molecule has 0 saturated heterocycles. The standard InChI is InChI=1S/C13H26O3S2/c1-12(2)18(15,16)10-6-9-17(14)11-13-7-4-3-5-8-13/h12-13H,3-11H2,1-2H3/t17-/m1/s1. The maximum absolute atomic E-state index is 11.9. The molecule has 0 radical (unpaired) electrons. The van der Waals surface area contributed by atoms with Gasteiger partial charge in [0.1, 0.15) is 0 Å². The van der Waals surface area contributed by atoms with Gasteiger partial charge >= 0.3 is 0 Å². The van der Waals surface area contributed by atoms with E-state index in [0.29, 0.717) is 18.1 Å². The predicted octanol–water partition coefficient (Wildman–Crippen LogP) is 2.53. The summed E-state index contributed by atoms with van der Waals surface area (Å²) in [5.74, 6) is 2.12. The van der Waals surface area contributed by atoms with Gasteiger partial charge < -0.3 is 0 Å². The van der Waals surface area contributed by atoms with Gasteiger partial charge in [0, 0.05) is 22.3 Å². The van der Waals surface area contributed by atoms with E-state index in [9.17, 15) is 12.6 Å². The SMILES string of the molecule is CC(C)S(=O)(=O)CCC[S@@](=O)CC1CCCCC1. The van der Waals surface area contributed by atoms with E-state index in [2.05, 4.69) is 0 Å². The van der Waals surface area contributed by atoms with Gasteiger partial charge in [-0.3, -0.25) is 4.21 Å². The lowest BCUT2D eigenvalue weighted by Gasteiger charge is -2.20. The second-order valence-electron chi connectivity index (χ2n) is 5.58. The van der Waals surface area contributed by atoms with Crippen molar-refractivity contribution in [1.29, 1.82) is 0 Å². The maximum Gasteiger partial charge on any atom is 0.152 e. The second-order valence-corrected chi connectivity index (χ2v) is 9.88. The van der Waals surface area contributed by atoms with Gasteiger partial charge in [0.15, 0.2) is 9.84 Å². The Balaban J connectivity index is 2.21. The Morgan fingerprint density at radius 3 is 2.33 bits per heavy atom. The highest BCUT2D eigenvalue weighted by atomic mass is 32.2. The van der Waals surface area contributed by atoms with Crippen LogP contribution in [0.15, 0.2) is 0 Å². The van der Waals surface area contributed by atoms with Crippen molar-refractivity contribution in [2.75, 3.05) is 17.3 Å². The molecule has 0 bridgehead atoms. The average Bonchev–Trinajstić information content (AvgIpc) is 2.29. The van der Waals surface area contributed by atoms with Gasteiger partial charge in [0.25, 0.3) is 0 Å². The maximum atomic E-state index is 11.9. The summed E-state index contributed by atoms with van der Waals surface area (Å²) in [4.78, 5) is 0. The molecule has 0 aromatic carbocycles. The van der Waals surface area contributed by atoms with E-state index in [1.807, 2.05) is 0 Å². The van der Waals surface area contributed by atoms with Gasteiger partial charge in [0.2, 0.25) is 0 Å². The Kier molecular flexibility index (Phi) is 6.85. The third-order valence-electron chi connectivity index (χ3n) is 3.67. The molecule has 0 N–H and O–H groups in total. The molecule has 0 aromatic heterocycles. The third-order valence-corrected chi connectivity index (χ3v) is 7.55. The number of rotatable bonds is 7. The predicted molar refractivity (Wildman–Crippen MR) is 78.0 cm³/mol. The second kappa shape index (κ2) is 7.63. The van der Waals surface area contributed by atoms with Crippen LogP contribution in [0.4, 0.5) is 0 Å². The fourth-order valence-corrected chi connectivity index (χ4v) is 5.05. The molecule has 1 fully saturated rings. The Morgan fingerprint density at radius 2 is 1.78 bits per heavy atom. The fourth-order valence-electron chi connectivity index (χ4n) is 2.36. The van der Waals surface area contributed by atoms with E-state index in [1.54, 1.807) is 13.8 Å². The van der Waals surface area contributed by atoms with Crippen LogP contribution in [0.25, 0.3) is 0 Å². The van der Waals surface area contributed by atoms with Crippen molar-refractivity contribution in [2.45, 2.75) is 57.6 Å². The number of sulfone groups is 1. The average molecular weight is 294 g/mol. The van der Waals surface area contributed by atoms with Crippen molar-refractivity contribution in [2.24, 2.45) is 5.92 Å². The van der Waals surface area contributed by atoms with Crippen molar-refractivity contribution in [3.05, 3.63) is 0 Å². The molecule has 3 nitrogen and oxygen atoms in total. The lowest BCUT2D eigenvalue weighted by atomic mass is 9.91. The van der Waals surface area contributed by atoms with Gasteiger partial charge in [0.05, 0.1) is 11.0 Å². The summed E-state index contributed by atoms with van der Waals surface area (Å²) >= 11 is 0. The summed E-state index contributed by atoms with van der Waals surface area (Å²) < 4.78 is 35.1. The van der Waals surface area contributed by atoms with Crippen LogP contribution in [0.5, 0.6) is 0 Å². The molecule has 0 amide bonds. The third kappa shape index (κ3) is 5.83. The topological polar surface area (TPSA) is 51.2 Å². The Bertz CT molecular complexity index is 354. The molecule has 18 heavy (non-hydrogen) atoms. The Hall–Kier alpha value is 0.1000. The highest BCUT2D eigenvalue weighted by Crippen LogP contribution is 2.24. The van der Waals surface area contributed by atoms with Crippen LogP contribution >= 0.6 is 0 Å². The van der Waals surface area contributed by atoms with Gasteiger partial charge in [-0.05, 0) is 39.0 Å². The molecular weight excluding hydrogens is 268 g/mol. The summed E-state index contributed by atoms with van der Waals surface area (Å²) in [7, 11) is -3.79. The zero-order valence-electron chi connectivity index (χ0n) is 11.6. The van der Waals surface area contributed by atoms with Gasteiger partial charge in [-0.15, -0.1) is 0 Å². The van der Waals surface area contributed by atoms with Crippen LogP contribution < -0.4 is 0 Å². The van der Waals surface area contributed by atoms with Gasteiger partial charge in [-0.25, -0.2) is 8.42 Å². The normalized spacial score (nSPS) is 20.2. The number of hydrogen-bond donors (Lipinski definition) is 0. The summed E-state index contributed by atoms with van der Waals surface area (Å²) in [6.45, 7) is 3.41. The summed E-state index contributed by atoms with van der Waals surface area (Å²) in [5.41, 5.74) is 0. The lowest BCUT2D eigenvalue weighted by Crippen LogP contribution is -2.21. The van der Waals surface area contributed by atoms with Crippen molar-refractivity contribution in [3.8, 4) is 0 Å². The zero-order valence-corrected chi connectivity index (χ0v) is 13.2. The highest BCUT2D eigenvalue weighted by molar-refractivity contribution is 7.92. The minimum absolute atomic E-state index is 0.182. The molecule has 0 aromatic rings. The molecule has 108 valence electrons. The first-order valence-corrected chi connectivity index (χ1v) is 10.2. The smallest absolute Gasteiger partial charge is 0.152 e. The molecule has 5 heteroatoms. The molecule has 0 aliphatic heterocycles. The molecule has 1 aliphatic carbocycles. The van der Waals surface area contributed by atoms with Crippen molar-refractivity contribution >= 4 is 20.6 Å². The first-order valence-electron chi connectivity index (χ1n) is 6.98. The minimum Gasteiger partial charge on any atom is -0.260 e. The molecule has 1 atom stereocenters. The number of hydrogen-bond acceptors (Lipinski definition) is 3. The largest absolute Gasteiger partial charge is 0.260 e. The summed E-state index contributed by atoms with van der Waals surface area (Å²) in [6.07, 6.45) is 6.80. The highest BCUT2D eigenvalue weighted by Gasteiger charge is 2.18. The van der Waals surface area contributed by atoms with Crippen molar-refractivity contribution < 1.29 is 12.6 Å². The quantitative estimate of drug-likeness (QED) is 0.725. The van der Waals surface area contributed by atoms with Crippen molar-refractivity contribution in [1.82, 2.24) is 0 Å². The minimum atomic E-state index is -2.96. The van der Waals surface area contributed by atoms with E-state index in [-0.39, 0.29) is 11.0 Å². The molecule has 1 rings (SSSR count). The molecule has 1 saturated carbocycles. The monoisotopic (exact) mass is 294 g/mol. The van der Waals surface area contributed by atoms with E-state index >= 15 is 0 Å². The Labute approximate surface area is 114 Å². The molecule has 0 spiro atoms. The van der Waals surface area contributed by atoms with Crippen LogP contribution in [-0.2, 0) is 20.6 Å².